The van der Waals surface area contributed by atoms with Crippen molar-refractivity contribution in [2.45, 2.75) is 20.4 Å². The molecule has 0 saturated carbocycles. The molecular formula is C9H15N3. The highest BCUT2D eigenvalue weighted by atomic mass is 14.9. The van der Waals surface area contributed by atoms with Gasteiger partial charge in [-0.15, -0.1) is 0 Å². The highest BCUT2D eigenvalue weighted by Crippen LogP contribution is 1.90. The Balaban J connectivity index is 2.25. The zero-order chi connectivity index (χ0) is 8.81. The van der Waals surface area contributed by atoms with Gasteiger partial charge in [-0.3, -0.25) is 0 Å². The first kappa shape index (κ1) is 9.13. The first-order chi connectivity index (χ1) is 5.79. The number of aromatic nitrogens is 2. The third-order valence-corrected chi connectivity index (χ3v) is 1.45. The van der Waals surface area contributed by atoms with Gasteiger partial charge in [0.25, 0.3) is 0 Å². The first-order valence-electron chi connectivity index (χ1n) is 4.25. The maximum absolute atomic E-state index is 4.10. The highest BCUT2D eigenvalue weighted by molar-refractivity contribution is 4.87. The van der Waals surface area contributed by atoms with Crippen LogP contribution in [-0.2, 0) is 6.54 Å². The lowest BCUT2D eigenvalue weighted by Gasteiger charge is -2.05. The Morgan fingerprint density at radius 3 is 2.58 bits per heavy atom. The lowest BCUT2D eigenvalue weighted by molar-refractivity contribution is 0.543. The topological polar surface area (TPSA) is 37.8 Å². The molecule has 0 spiro atoms. The van der Waals surface area contributed by atoms with E-state index >= 15 is 0 Å². The van der Waals surface area contributed by atoms with Gasteiger partial charge in [-0.05, 0) is 18.5 Å². The highest BCUT2D eigenvalue weighted by Gasteiger charge is 1.95. The Bertz CT molecular complexity index is 208. The van der Waals surface area contributed by atoms with Gasteiger partial charge in [-0.1, -0.05) is 13.8 Å². The van der Waals surface area contributed by atoms with Gasteiger partial charge in [0.1, 0.15) is 5.82 Å². The smallest absolute Gasteiger partial charge is 0.141 e. The van der Waals surface area contributed by atoms with Crippen LogP contribution in [0.5, 0.6) is 0 Å². The molecule has 0 bridgehead atoms. The van der Waals surface area contributed by atoms with Gasteiger partial charge >= 0.3 is 0 Å². The third kappa shape index (κ3) is 3.44. The molecule has 0 atom stereocenters. The number of hydrogen-bond donors (Lipinski definition) is 1. The molecule has 0 saturated heterocycles. The average molecular weight is 165 g/mol. The summed E-state index contributed by atoms with van der Waals surface area (Å²) >= 11 is 0. The summed E-state index contributed by atoms with van der Waals surface area (Å²) in [5.41, 5.74) is 0. The van der Waals surface area contributed by atoms with E-state index in [1.807, 2.05) is 6.07 Å². The summed E-state index contributed by atoms with van der Waals surface area (Å²) in [5.74, 6) is 1.53. The van der Waals surface area contributed by atoms with Gasteiger partial charge < -0.3 is 5.32 Å². The van der Waals surface area contributed by atoms with Crippen molar-refractivity contribution in [2.75, 3.05) is 6.54 Å². The molecule has 0 unspecified atom stereocenters. The molecule has 1 aromatic heterocycles. The van der Waals surface area contributed by atoms with Crippen molar-refractivity contribution in [1.29, 1.82) is 0 Å². The average Bonchev–Trinajstić information content (AvgIpc) is 2.05. The second-order valence-corrected chi connectivity index (χ2v) is 3.19. The predicted molar refractivity (Wildman–Crippen MR) is 48.6 cm³/mol. The molecule has 0 amide bonds. The van der Waals surface area contributed by atoms with Crippen molar-refractivity contribution < 1.29 is 0 Å². The van der Waals surface area contributed by atoms with Crippen molar-refractivity contribution in [2.24, 2.45) is 5.92 Å². The lowest BCUT2D eigenvalue weighted by atomic mass is 10.2. The monoisotopic (exact) mass is 165 g/mol. The largest absolute Gasteiger partial charge is 0.310 e. The van der Waals surface area contributed by atoms with Crippen LogP contribution in [0, 0.1) is 5.92 Å². The van der Waals surface area contributed by atoms with Crippen LogP contribution in [0.15, 0.2) is 18.5 Å². The van der Waals surface area contributed by atoms with Crippen LogP contribution in [0.3, 0.4) is 0 Å². The number of rotatable bonds is 4. The maximum atomic E-state index is 4.10. The number of nitrogens with one attached hydrogen (secondary N) is 1. The minimum atomic E-state index is 0.675. The van der Waals surface area contributed by atoms with Crippen molar-refractivity contribution in [3.8, 4) is 0 Å². The van der Waals surface area contributed by atoms with E-state index in [2.05, 4.69) is 29.1 Å². The molecule has 1 rings (SSSR count). The van der Waals surface area contributed by atoms with E-state index in [0.29, 0.717) is 5.92 Å². The Morgan fingerprint density at radius 2 is 2.00 bits per heavy atom. The van der Waals surface area contributed by atoms with Crippen LogP contribution in [0.25, 0.3) is 0 Å². The fourth-order valence-corrected chi connectivity index (χ4v) is 0.894. The van der Waals surface area contributed by atoms with E-state index in [1.54, 1.807) is 12.4 Å². The van der Waals surface area contributed by atoms with Gasteiger partial charge in [0.05, 0.1) is 6.54 Å². The van der Waals surface area contributed by atoms with Crippen LogP contribution >= 0.6 is 0 Å². The van der Waals surface area contributed by atoms with E-state index in [0.717, 1.165) is 18.9 Å². The molecule has 0 radical (unpaired) electrons. The summed E-state index contributed by atoms with van der Waals surface area (Å²) in [5, 5.41) is 3.28. The van der Waals surface area contributed by atoms with Crippen molar-refractivity contribution in [3.63, 3.8) is 0 Å². The van der Waals surface area contributed by atoms with Gasteiger partial charge in [0.15, 0.2) is 0 Å². The van der Waals surface area contributed by atoms with E-state index in [9.17, 15) is 0 Å². The van der Waals surface area contributed by atoms with E-state index in [-0.39, 0.29) is 0 Å². The third-order valence-electron chi connectivity index (χ3n) is 1.45. The van der Waals surface area contributed by atoms with Crippen LogP contribution in [0.4, 0.5) is 0 Å². The van der Waals surface area contributed by atoms with E-state index in [4.69, 9.17) is 0 Å². The molecule has 0 aromatic carbocycles. The summed E-state index contributed by atoms with van der Waals surface area (Å²) in [7, 11) is 0. The molecule has 3 nitrogen and oxygen atoms in total. The predicted octanol–water partition coefficient (Wildman–Crippen LogP) is 1.22. The summed E-state index contributed by atoms with van der Waals surface area (Å²) in [6.07, 6.45) is 3.53. The second-order valence-electron chi connectivity index (χ2n) is 3.19. The zero-order valence-electron chi connectivity index (χ0n) is 7.62. The lowest BCUT2D eigenvalue weighted by Crippen LogP contribution is -2.20. The van der Waals surface area contributed by atoms with Gasteiger partial charge in [0, 0.05) is 12.4 Å². The Morgan fingerprint density at radius 1 is 1.33 bits per heavy atom. The molecule has 3 heteroatoms. The van der Waals surface area contributed by atoms with Crippen molar-refractivity contribution >= 4 is 0 Å². The molecule has 0 fully saturated rings. The normalized spacial score (nSPS) is 10.6. The van der Waals surface area contributed by atoms with Crippen molar-refractivity contribution in [1.82, 2.24) is 15.3 Å². The Kier molecular flexibility index (Phi) is 3.67. The van der Waals surface area contributed by atoms with Gasteiger partial charge in [0.2, 0.25) is 0 Å². The summed E-state index contributed by atoms with van der Waals surface area (Å²) in [6.45, 7) is 6.13. The quantitative estimate of drug-likeness (QED) is 0.729. The molecule has 1 heterocycles. The number of nitrogens with zero attached hydrogens (tertiary/aromatic N) is 2. The van der Waals surface area contributed by atoms with Crippen LogP contribution in [0.1, 0.15) is 19.7 Å². The van der Waals surface area contributed by atoms with Gasteiger partial charge in [-0.2, -0.15) is 0 Å². The molecule has 12 heavy (non-hydrogen) atoms. The molecule has 1 aromatic rings. The first-order valence-corrected chi connectivity index (χ1v) is 4.25. The standard InChI is InChI=1S/C9H15N3/c1-8(2)6-10-7-9-11-4-3-5-12-9/h3-5,8,10H,6-7H2,1-2H3. The van der Waals surface area contributed by atoms with E-state index < -0.39 is 0 Å². The molecule has 0 aliphatic heterocycles. The second kappa shape index (κ2) is 4.83. The fourth-order valence-electron chi connectivity index (χ4n) is 0.894. The minimum Gasteiger partial charge on any atom is -0.310 e. The molecule has 0 aliphatic rings. The molecular weight excluding hydrogens is 150 g/mol. The SMILES string of the molecule is CC(C)CNCc1ncccn1. The summed E-state index contributed by atoms with van der Waals surface area (Å²) in [6, 6.07) is 1.83. The minimum absolute atomic E-state index is 0.675. The summed E-state index contributed by atoms with van der Waals surface area (Å²) in [4.78, 5) is 8.20. The fraction of sp³-hybridized carbons (Fsp3) is 0.556. The van der Waals surface area contributed by atoms with Gasteiger partial charge in [-0.25, -0.2) is 9.97 Å². The maximum Gasteiger partial charge on any atom is 0.141 e. The Labute approximate surface area is 73.2 Å². The molecule has 0 aliphatic carbocycles. The number of hydrogen-bond acceptors (Lipinski definition) is 3. The van der Waals surface area contributed by atoms with Crippen LogP contribution in [-0.4, -0.2) is 16.5 Å². The summed E-state index contributed by atoms with van der Waals surface area (Å²) < 4.78 is 0. The van der Waals surface area contributed by atoms with Crippen molar-refractivity contribution in [3.05, 3.63) is 24.3 Å². The Hall–Kier alpha value is -0.960. The van der Waals surface area contributed by atoms with Crippen LogP contribution in [0.2, 0.25) is 0 Å². The van der Waals surface area contributed by atoms with E-state index in [1.165, 1.54) is 0 Å². The molecule has 66 valence electrons. The zero-order valence-corrected chi connectivity index (χ0v) is 7.62. The van der Waals surface area contributed by atoms with Crippen LogP contribution < -0.4 is 5.32 Å². The molecule has 1 N–H and O–H groups in total.